The molecule has 13 heteroatoms. The number of amides is 2. The quantitative estimate of drug-likeness (QED) is 0.598. The van der Waals surface area contributed by atoms with E-state index in [0.717, 1.165) is 51.9 Å². The molecular weight excluding hydrogens is 515 g/mol. The smallest absolute Gasteiger partial charge is 0.257 e. The molecule has 2 N–H and O–H groups in total. The molecule has 200 valence electrons. The first-order valence-electron chi connectivity index (χ1n) is 11.3. The SMILES string of the molecule is CN(C(=O)c1cnn(C)c1)C1CCNCC1.CN(C(=O)c1cnn(C)c1)C1CCNCC1.Cl.Cl.Cl. The van der Waals surface area contributed by atoms with Crippen LogP contribution in [0.15, 0.2) is 24.8 Å². The van der Waals surface area contributed by atoms with Gasteiger partial charge in [0, 0.05) is 52.7 Å². The molecule has 0 unspecified atom stereocenters. The summed E-state index contributed by atoms with van der Waals surface area (Å²) in [6, 6.07) is 0.711. The van der Waals surface area contributed by atoms with E-state index >= 15 is 0 Å². The van der Waals surface area contributed by atoms with Gasteiger partial charge in [-0.05, 0) is 51.9 Å². The van der Waals surface area contributed by atoms with E-state index in [2.05, 4.69) is 20.8 Å². The van der Waals surface area contributed by atoms with Gasteiger partial charge in [-0.1, -0.05) is 0 Å². The summed E-state index contributed by atoms with van der Waals surface area (Å²) >= 11 is 0. The Bertz CT molecular complexity index is 823. The summed E-state index contributed by atoms with van der Waals surface area (Å²) in [6.07, 6.45) is 10.9. The first-order chi connectivity index (χ1) is 15.4. The molecule has 0 radical (unpaired) electrons. The summed E-state index contributed by atoms with van der Waals surface area (Å²) in [5.74, 6) is 0.139. The molecule has 0 atom stereocenters. The predicted octanol–water partition coefficient (Wildman–Crippen LogP) is 1.75. The molecule has 0 saturated carbocycles. The normalized spacial score (nSPS) is 15.9. The molecule has 0 spiro atoms. The van der Waals surface area contributed by atoms with Gasteiger partial charge in [0.05, 0.1) is 23.5 Å². The van der Waals surface area contributed by atoms with Crippen molar-refractivity contribution in [1.82, 2.24) is 40.0 Å². The summed E-state index contributed by atoms with van der Waals surface area (Å²) in [5, 5.41) is 14.6. The number of hydrogen-bond donors (Lipinski definition) is 2. The molecular formula is C22H39Cl3N8O2. The molecule has 2 saturated heterocycles. The van der Waals surface area contributed by atoms with Crippen LogP contribution in [0.25, 0.3) is 0 Å². The minimum absolute atomic E-state index is 0. The third kappa shape index (κ3) is 9.27. The summed E-state index contributed by atoms with van der Waals surface area (Å²) in [7, 11) is 7.40. The van der Waals surface area contributed by atoms with E-state index in [9.17, 15) is 9.59 Å². The van der Waals surface area contributed by atoms with E-state index in [4.69, 9.17) is 0 Å². The molecule has 2 aromatic rings. The molecule has 2 aromatic heterocycles. The Morgan fingerprint density at radius 2 is 1.06 bits per heavy atom. The molecule has 2 aliphatic rings. The first kappa shape index (κ1) is 33.1. The van der Waals surface area contributed by atoms with Gasteiger partial charge in [-0.25, -0.2) is 0 Å². The van der Waals surface area contributed by atoms with Gasteiger partial charge >= 0.3 is 0 Å². The molecule has 2 fully saturated rings. The molecule has 4 rings (SSSR count). The topological polar surface area (TPSA) is 100 Å². The second kappa shape index (κ2) is 16.0. The van der Waals surface area contributed by atoms with Crippen molar-refractivity contribution in [3.8, 4) is 0 Å². The zero-order valence-electron chi connectivity index (χ0n) is 20.8. The van der Waals surface area contributed by atoms with Crippen LogP contribution >= 0.6 is 37.2 Å². The Morgan fingerprint density at radius 3 is 1.31 bits per heavy atom. The van der Waals surface area contributed by atoms with Crippen molar-refractivity contribution in [2.75, 3.05) is 40.3 Å². The highest BCUT2D eigenvalue weighted by atomic mass is 35.5. The van der Waals surface area contributed by atoms with Crippen LogP contribution in [0.1, 0.15) is 46.4 Å². The van der Waals surface area contributed by atoms with E-state index in [0.29, 0.717) is 23.2 Å². The first-order valence-corrected chi connectivity index (χ1v) is 11.3. The number of halogens is 3. The van der Waals surface area contributed by atoms with E-state index < -0.39 is 0 Å². The Balaban J connectivity index is 0.000000608. The van der Waals surface area contributed by atoms with Crippen molar-refractivity contribution in [2.45, 2.75) is 37.8 Å². The maximum atomic E-state index is 12.1. The van der Waals surface area contributed by atoms with E-state index in [1.165, 1.54) is 0 Å². The van der Waals surface area contributed by atoms with Gasteiger partial charge in [0.1, 0.15) is 0 Å². The lowest BCUT2D eigenvalue weighted by Crippen LogP contribution is -2.43. The van der Waals surface area contributed by atoms with Crippen molar-refractivity contribution < 1.29 is 9.59 Å². The molecule has 0 aromatic carbocycles. The molecule has 0 aliphatic carbocycles. The van der Waals surface area contributed by atoms with Gasteiger partial charge in [0.15, 0.2) is 0 Å². The predicted molar refractivity (Wildman–Crippen MR) is 144 cm³/mol. The van der Waals surface area contributed by atoms with Gasteiger partial charge in [0.25, 0.3) is 11.8 Å². The van der Waals surface area contributed by atoms with E-state index in [1.54, 1.807) is 34.2 Å². The minimum Gasteiger partial charge on any atom is -0.339 e. The third-order valence-corrected chi connectivity index (χ3v) is 6.26. The lowest BCUT2D eigenvalue weighted by Gasteiger charge is -2.31. The van der Waals surface area contributed by atoms with Crippen molar-refractivity contribution in [2.24, 2.45) is 14.1 Å². The highest BCUT2D eigenvalue weighted by Crippen LogP contribution is 2.14. The number of carbonyl (C=O) groups excluding carboxylic acids is 2. The van der Waals surface area contributed by atoms with Gasteiger partial charge in [-0.2, -0.15) is 10.2 Å². The van der Waals surface area contributed by atoms with Crippen molar-refractivity contribution in [3.05, 3.63) is 35.9 Å². The Labute approximate surface area is 226 Å². The fourth-order valence-electron chi connectivity index (χ4n) is 4.19. The van der Waals surface area contributed by atoms with Gasteiger partial charge < -0.3 is 20.4 Å². The number of aromatic nitrogens is 4. The molecule has 2 amide bonds. The Kier molecular flexibility index (Phi) is 15.2. The van der Waals surface area contributed by atoms with Crippen LogP contribution in [0.5, 0.6) is 0 Å². The minimum atomic E-state index is 0. The van der Waals surface area contributed by atoms with Crippen LogP contribution < -0.4 is 10.6 Å². The number of hydrogen-bond acceptors (Lipinski definition) is 6. The van der Waals surface area contributed by atoms with E-state index in [1.807, 2.05) is 38.0 Å². The van der Waals surface area contributed by atoms with Crippen LogP contribution in [0.2, 0.25) is 0 Å². The second-order valence-electron chi connectivity index (χ2n) is 8.60. The molecule has 2 aliphatic heterocycles. The summed E-state index contributed by atoms with van der Waals surface area (Å²) in [5.41, 5.74) is 1.34. The highest BCUT2D eigenvalue weighted by molar-refractivity contribution is 5.94. The number of nitrogens with one attached hydrogen (secondary N) is 2. The third-order valence-electron chi connectivity index (χ3n) is 6.26. The highest BCUT2D eigenvalue weighted by Gasteiger charge is 2.24. The number of rotatable bonds is 4. The molecule has 4 heterocycles. The van der Waals surface area contributed by atoms with Crippen LogP contribution in [0.4, 0.5) is 0 Å². The summed E-state index contributed by atoms with van der Waals surface area (Å²) in [6.45, 7) is 3.98. The molecule has 10 nitrogen and oxygen atoms in total. The number of aryl methyl sites for hydroxylation is 2. The number of nitrogens with zero attached hydrogens (tertiary/aromatic N) is 6. The average molecular weight is 554 g/mol. The summed E-state index contributed by atoms with van der Waals surface area (Å²) in [4.78, 5) is 27.9. The fourth-order valence-corrected chi connectivity index (χ4v) is 4.19. The van der Waals surface area contributed by atoms with Crippen molar-refractivity contribution >= 4 is 49.0 Å². The lowest BCUT2D eigenvalue weighted by atomic mass is 10.0. The molecule has 0 bridgehead atoms. The maximum Gasteiger partial charge on any atom is 0.257 e. The van der Waals surface area contributed by atoms with Crippen LogP contribution in [-0.4, -0.2) is 93.5 Å². The second-order valence-corrected chi connectivity index (χ2v) is 8.60. The Hall–Kier alpha value is -1.85. The van der Waals surface area contributed by atoms with E-state index in [-0.39, 0.29) is 49.0 Å². The van der Waals surface area contributed by atoms with Crippen LogP contribution in [-0.2, 0) is 14.1 Å². The fraction of sp³-hybridized carbons (Fsp3) is 0.636. The van der Waals surface area contributed by atoms with Gasteiger partial charge in [-0.3, -0.25) is 19.0 Å². The maximum absolute atomic E-state index is 12.1. The standard InChI is InChI=1S/2C11H18N4O.3ClH/c2*1-14-8-9(7-13-14)11(16)15(2)10-3-5-12-6-4-10;;;/h2*7-8,10,12H,3-6H2,1-2H3;3*1H. The zero-order valence-corrected chi connectivity index (χ0v) is 23.3. The van der Waals surface area contributed by atoms with Crippen LogP contribution in [0.3, 0.4) is 0 Å². The lowest BCUT2D eigenvalue weighted by molar-refractivity contribution is 0.0695. The van der Waals surface area contributed by atoms with Gasteiger partial charge in [-0.15, -0.1) is 37.2 Å². The number of carbonyl (C=O) groups is 2. The van der Waals surface area contributed by atoms with Gasteiger partial charge in [0.2, 0.25) is 0 Å². The average Bonchev–Trinajstić information content (AvgIpc) is 3.47. The number of piperidine rings is 2. The Morgan fingerprint density at radius 1 is 0.743 bits per heavy atom. The van der Waals surface area contributed by atoms with Crippen molar-refractivity contribution in [1.29, 1.82) is 0 Å². The monoisotopic (exact) mass is 552 g/mol. The summed E-state index contributed by atoms with van der Waals surface area (Å²) < 4.78 is 3.31. The van der Waals surface area contributed by atoms with Crippen molar-refractivity contribution in [3.63, 3.8) is 0 Å². The zero-order chi connectivity index (χ0) is 23.1. The largest absolute Gasteiger partial charge is 0.339 e. The van der Waals surface area contributed by atoms with Crippen LogP contribution in [0, 0.1) is 0 Å². The molecule has 35 heavy (non-hydrogen) atoms.